The number of nitrogens with one attached hydrogen (secondary N) is 1. The van der Waals surface area contributed by atoms with Crippen LogP contribution in [-0.4, -0.2) is 17.0 Å². The molecule has 0 saturated heterocycles. The van der Waals surface area contributed by atoms with Crippen LogP contribution in [0.25, 0.3) is 10.9 Å². The van der Waals surface area contributed by atoms with Crippen molar-refractivity contribution in [1.29, 1.82) is 0 Å². The van der Waals surface area contributed by atoms with Gasteiger partial charge < -0.3 is 10.1 Å². The maximum absolute atomic E-state index is 12.2. The Balaban J connectivity index is 1.60. The third-order valence-electron chi connectivity index (χ3n) is 3.56. The van der Waals surface area contributed by atoms with Gasteiger partial charge in [0.2, 0.25) is 0 Å². The predicted octanol–water partition coefficient (Wildman–Crippen LogP) is 3.78. The lowest BCUT2D eigenvalue weighted by atomic mass is 10.2. The highest BCUT2D eigenvalue weighted by Crippen LogP contribution is 2.15. The molecule has 0 radical (unpaired) electrons. The van der Waals surface area contributed by atoms with Crippen LogP contribution in [0.5, 0.6) is 0 Å². The summed E-state index contributed by atoms with van der Waals surface area (Å²) in [4.78, 5) is 16.6. The minimum atomic E-state index is -0.552. The number of aromatic nitrogens is 1. The van der Waals surface area contributed by atoms with Crippen LogP contribution < -0.4 is 5.32 Å². The number of para-hydroxylation sites is 1. The molecule has 0 aliphatic carbocycles. The number of amides is 1. The molecule has 0 bridgehead atoms. The first-order valence-electron chi connectivity index (χ1n) is 7.54. The summed E-state index contributed by atoms with van der Waals surface area (Å²) in [6.45, 7) is 2.14. The van der Waals surface area contributed by atoms with E-state index in [9.17, 15) is 4.79 Å². The van der Waals surface area contributed by atoms with Crippen LogP contribution in [0.1, 0.15) is 12.5 Å². The molecule has 1 atom stereocenters. The Morgan fingerprint density at radius 3 is 2.61 bits per heavy atom. The van der Waals surface area contributed by atoms with Gasteiger partial charge in [0.1, 0.15) is 11.9 Å². The number of carbonyl (C=O) groups is 1. The van der Waals surface area contributed by atoms with Crippen LogP contribution in [0.15, 0.2) is 66.7 Å². The van der Waals surface area contributed by atoms with Crippen molar-refractivity contribution in [2.24, 2.45) is 0 Å². The molecule has 4 nitrogen and oxygen atoms in total. The van der Waals surface area contributed by atoms with Crippen molar-refractivity contribution in [3.8, 4) is 0 Å². The van der Waals surface area contributed by atoms with Gasteiger partial charge in [-0.15, -0.1) is 0 Å². The van der Waals surface area contributed by atoms with E-state index in [1.54, 1.807) is 13.0 Å². The largest absolute Gasteiger partial charge is 0.364 e. The summed E-state index contributed by atoms with van der Waals surface area (Å²) < 4.78 is 5.61. The number of anilines is 1. The second-order valence-electron chi connectivity index (χ2n) is 5.32. The number of ether oxygens (including phenoxy) is 1. The van der Waals surface area contributed by atoms with Gasteiger partial charge >= 0.3 is 0 Å². The Hall–Kier alpha value is -2.72. The number of hydrogen-bond acceptors (Lipinski definition) is 3. The van der Waals surface area contributed by atoms with E-state index >= 15 is 0 Å². The average molecular weight is 306 g/mol. The van der Waals surface area contributed by atoms with Crippen LogP contribution >= 0.6 is 0 Å². The molecule has 3 rings (SSSR count). The topological polar surface area (TPSA) is 51.2 Å². The standard InChI is InChI=1S/C19H18N2O2/c1-14(23-13-15-7-3-2-4-8-15)19(22)21-18-12-11-16-9-5-6-10-17(16)20-18/h2-12,14H,13H2,1H3,(H,20,21,22)/t14-/m0/s1. The summed E-state index contributed by atoms with van der Waals surface area (Å²) >= 11 is 0. The van der Waals surface area contributed by atoms with Crippen molar-refractivity contribution >= 4 is 22.6 Å². The Morgan fingerprint density at radius 2 is 1.78 bits per heavy atom. The van der Waals surface area contributed by atoms with Crippen LogP contribution in [-0.2, 0) is 16.1 Å². The number of nitrogens with zero attached hydrogens (tertiary/aromatic N) is 1. The van der Waals surface area contributed by atoms with Gasteiger partial charge in [0.15, 0.2) is 0 Å². The second kappa shape index (κ2) is 7.03. The highest BCUT2D eigenvalue weighted by atomic mass is 16.5. The molecule has 2 aromatic carbocycles. The number of fused-ring (bicyclic) bond motifs is 1. The molecule has 23 heavy (non-hydrogen) atoms. The first-order valence-corrected chi connectivity index (χ1v) is 7.54. The zero-order chi connectivity index (χ0) is 16.1. The third-order valence-corrected chi connectivity index (χ3v) is 3.56. The van der Waals surface area contributed by atoms with Gasteiger partial charge in [-0.1, -0.05) is 48.5 Å². The predicted molar refractivity (Wildman–Crippen MR) is 91.1 cm³/mol. The highest BCUT2D eigenvalue weighted by Gasteiger charge is 2.14. The molecule has 0 spiro atoms. The summed E-state index contributed by atoms with van der Waals surface area (Å²) in [5.41, 5.74) is 1.89. The van der Waals surface area contributed by atoms with Gasteiger partial charge in [-0.3, -0.25) is 4.79 Å². The molecule has 4 heteroatoms. The minimum absolute atomic E-state index is 0.205. The molecule has 1 amide bonds. The molecule has 3 aromatic rings. The SMILES string of the molecule is C[C@H](OCc1ccccc1)C(=O)Nc1ccc2ccccc2n1. The fourth-order valence-electron chi connectivity index (χ4n) is 2.23. The normalized spacial score (nSPS) is 12.0. The van der Waals surface area contributed by atoms with E-state index in [0.717, 1.165) is 16.5 Å². The molecule has 0 saturated carbocycles. The first kappa shape index (κ1) is 15.2. The van der Waals surface area contributed by atoms with Gasteiger partial charge in [-0.05, 0) is 30.7 Å². The number of hydrogen-bond donors (Lipinski definition) is 1. The highest BCUT2D eigenvalue weighted by molar-refractivity contribution is 5.94. The van der Waals surface area contributed by atoms with Gasteiger partial charge in [0.05, 0.1) is 12.1 Å². The third kappa shape index (κ3) is 3.93. The number of rotatable bonds is 5. The van der Waals surface area contributed by atoms with Gasteiger partial charge in [-0.2, -0.15) is 0 Å². The summed E-state index contributed by atoms with van der Waals surface area (Å²) in [6, 6.07) is 21.3. The van der Waals surface area contributed by atoms with Crippen LogP contribution in [0.2, 0.25) is 0 Å². The van der Waals surface area contributed by atoms with Gasteiger partial charge in [0.25, 0.3) is 5.91 Å². The Morgan fingerprint density at radius 1 is 1.04 bits per heavy atom. The zero-order valence-electron chi connectivity index (χ0n) is 12.9. The maximum atomic E-state index is 12.2. The lowest BCUT2D eigenvalue weighted by Gasteiger charge is -2.13. The van der Waals surface area contributed by atoms with Crippen molar-refractivity contribution in [2.45, 2.75) is 19.6 Å². The molecular weight excluding hydrogens is 288 g/mol. The van der Waals surface area contributed by atoms with E-state index in [2.05, 4.69) is 10.3 Å². The number of carbonyl (C=O) groups excluding carboxylic acids is 1. The van der Waals surface area contributed by atoms with E-state index < -0.39 is 6.10 Å². The van der Waals surface area contributed by atoms with Crippen LogP contribution in [0.4, 0.5) is 5.82 Å². The number of pyridine rings is 1. The van der Waals surface area contributed by atoms with Crippen molar-refractivity contribution < 1.29 is 9.53 Å². The monoisotopic (exact) mass is 306 g/mol. The van der Waals surface area contributed by atoms with Crippen LogP contribution in [0.3, 0.4) is 0 Å². The van der Waals surface area contributed by atoms with Crippen molar-refractivity contribution in [1.82, 2.24) is 4.98 Å². The lowest BCUT2D eigenvalue weighted by molar-refractivity contribution is -0.127. The molecule has 1 N–H and O–H groups in total. The van der Waals surface area contributed by atoms with E-state index in [1.807, 2.05) is 60.7 Å². The van der Waals surface area contributed by atoms with Gasteiger partial charge in [-0.25, -0.2) is 4.98 Å². The van der Waals surface area contributed by atoms with Crippen molar-refractivity contribution in [3.05, 3.63) is 72.3 Å². The Kier molecular flexibility index (Phi) is 4.64. The smallest absolute Gasteiger partial charge is 0.254 e. The molecule has 0 aliphatic rings. The fourth-order valence-corrected chi connectivity index (χ4v) is 2.23. The quantitative estimate of drug-likeness (QED) is 0.780. The fraction of sp³-hybridized carbons (Fsp3) is 0.158. The Bertz CT molecular complexity index is 803. The minimum Gasteiger partial charge on any atom is -0.364 e. The summed E-state index contributed by atoms with van der Waals surface area (Å²) in [5, 5.41) is 3.84. The number of benzene rings is 2. The molecule has 1 aromatic heterocycles. The molecule has 0 aliphatic heterocycles. The average Bonchev–Trinajstić information content (AvgIpc) is 2.60. The van der Waals surface area contributed by atoms with E-state index in [0.29, 0.717) is 12.4 Å². The summed E-state index contributed by atoms with van der Waals surface area (Å²) in [5.74, 6) is 0.326. The molecule has 116 valence electrons. The lowest BCUT2D eigenvalue weighted by Crippen LogP contribution is -2.28. The first-order chi connectivity index (χ1) is 11.2. The maximum Gasteiger partial charge on any atom is 0.254 e. The Labute approximate surface area is 135 Å². The van der Waals surface area contributed by atoms with E-state index in [-0.39, 0.29) is 5.91 Å². The molecule has 0 unspecified atom stereocenters. The van der Waals surface area contributed by atoms with Crippen molar-refractivity contribution in [2.75, 3.05) is 5.32 Å². The summed E-state index contributed by atoms with van der Waals surface area (Å²) in [7, 11) is 0. The molecule has 0 fully saturated rings. The molecule has 1 heterocycles. The van der Waals surface area contributed by atoms with E-state index in [1.165, 1.54) is 0 Å². The zero-order valence-corrected chi connectivity index (χ0v) is 12.9. The van der Waals surface area contributed by atoms with E-state index in [4.69, 9.17) is 4.74 Å². The molecular formula is C19H18N2O2. The summed E-state index contributed by atoms with van der Waals surface area (Å²) in [6.07, 6.45) is -0.552. The van der Waals surface area contributed by atoms with Crippen molar-refractivity contribution in [3.63, 3.8) is 0 Å². The van der Waals surface area contributed by atoms with Crippen LogP contribution in [0, 0.1) is 0 Å². The second-order valence-corrected chi connectivity index (χ2v) is 5.32. The van der Waals surface area contributed by atoms with Gasteiger partial charge in [0, 0.05) is 5.39 Å².